The quantitative estimate of drug-likeness (QED) is 0.606. The van der Waals surface area contributed by atoms with Gasteiger partial charge in [-0.15, -0.1) is 0 Å². The van der Waals surface area contributed by atoms with Gasteiger partial charge in [0.25, 0.3) is 5.91 Å². The summed E-state index contributed by atoms with van der Waals surface area (Å²) >= 11 is 0. The number of anilines is 1. The Bertz CT molecular complexity index is 1080. The first-order chi connectivity index (χ1) is 16.0. The SMILES string of the molecule is NC(C(=O)N1CCN(Cc2ccc(F)cc2)CC1)c1ccc(C(=O)Nc2ccncc2)cc1. The Labute approximate surface area is 192 Å². The summed E-state index contributed by atoms with van der Waals surface area (Å²) in [5.74, 6) is -0.624. The smallest absolute Gasteiger partial charge is 0.255 e. The van der Waals surface area contributed by atoms with Crippen LogP contribution in [0, 0.1) is 5.82 Å². The molecule has 1 aromatic heterocycles. The molecule has 1 saturated heterocycles. The summed E-state index contributed by atoms with van der Waals surface area (Å²) < 4.78 is 13.1. The Morgan fingerprint density at radius 1 is 0.939 bits per heavy atom. The maximum atomic E-state index is 13.1. The van der Waals surface area contributed by atoms with Crippen molar-refractivity contribution in [3.05, 3.63) is 95.6 Å². The number of hydrogen-bond donors (Lipinski definition) is 2. The van der Waals surface area contributed by atoms with Crippen LogP contribution in [-0.2, 0) is 11.3 Å². The third-order valence-corrected chi connectivity index (χ3v) is 5.74. The van der Waals surface area contributed by atoms with Gasteiger partial charge in [-0.1, -0.05) is 24.3 Å². The van der Waals surface area contributed by atoms with E-state index in [4.69, 9.17) is 5.73 Å². The Morgan fingerprint density at radius 3 is 2.21 bits per heavy atom. The Morgan fingerprint density at radius 2 is 1.58 bits per heavy atom. The van der Waals surface area contributed by atoms with Gasteiger partial charge in [0.15, 0.2) is 0 Å². The van der Waals surface area contributed by atoms with E-state index in [1.165, 1.54) is 12.1 Å². The van der Waals surface area contributed by atoms with Gasteiger partial charge in [-0.25, -0.2) is 4.39 Å². The van der Waals surface area contributed by atoms with Crippen LogP contribution in [0.3, 0.4) is 0 Å². The molecular formula is C25H26FN5O2. The van der Waals surface area contributed by atoms with Crippen LogP contribution in [0.25, 0.3) is 0 Å². The second kappa shape index (κ2) is 10.3. The van der Waals surface area contributed by atoms with Crippen LogP contribution in [-0.4, -0.2) is 52.8 Å². The highest BCUT2D eigenvalue weighted by molar-refractivity contribution is 6.04. The maximum Gasteiger partial charge on any atom is 0.255 e. The molecule has 0 radical (unpaired) electrons. The number of nitrogens with one attached hydrogen (secondary N) is 1. The third-order valence-electron chi connectivity index (χ3n) is 5.74. The zero-order valence-electron chi connectivity index (χ0n) is 18.2. The van der Waals surface area contributed by atoms with Gasteiger partial charge in [0.2, 0.25) is 5.91 Å². The minimum absolute atomic E-state index is 0.134. The zero-order chi connectivity index (χ0) is 23.2. The van der Waals surface area contributed by atoms with E-state index in [2.05, 4.69) is 15.2 Å². The minimum Gasteiger partial charge on any atom is -0.338 e. The number of aromatic nitrogens is 1. The van der Waals surface area contributed by atoms with Crippen molar-refractivity contribution in [2.45, 2.75) is 12.6 Å². The molecule has 1 aliphatic rings. The summed E-state index contributed by atoms with van der Waals surface area (Å²) in [5.41, 5.74) is 9.08. The molecule has 2 aromatic carbocycles. The molecule has 0 aliphatic carbocycles. The fraction of sp³-hybridized carbons (Fsp3) is 0.240. The molecule has 1 unspecified atom stereocenters. The minimum atomic E-state index is -0.786. The molecule has 2 amide bonds. The van der Waals surface area contributed by atoms with Crippen LogP contribution < -0.4 is 11.1 Å². The summed E-state index contributed by atoms with van der Waals surface area (Å²) in [5, 5.41) is 2.80. The van der Waals surface area contributed by atoms with Gasteiger partial charge in [-0.2, -0.15) is 0 Å². The highest BCUT2D eigenvalue weighted by atomic mass is 19.1. The fourth-order valence-electron chi connectivity index (χ4n) is 3.79. The van der Waals surface area contributed by atoms with Gasteiger partial charge in [0.1, 0.15) is 11.9 Å². The lowest BCUT2D eigenvalue weighted by atomic mass is 10.0. The number of carbonyl (C=O) groups excluding carboxylic acids is 2. The molecule has 1 aliphatic heterocycles. The average molecular weight is 448 g/mol. The fourth-order valence-corrected chi connectivity index (χ4v) is 3.79. The van der Waals surface area contributed by atoms with E-state index in [1.54, 1.807) is 65.8 Å². The van der Waals surface area contributed by atoms with Crippen LogP contribution >= 0.6 is 0 Å². The summed E-state index contributed by atoms with van der Waals surface area (Å²) in [6.07, 6.45) is 3.21. The predicted molar refractivity (Wildman–Crippen MR) is 124 cm³/mol. The van der Waals surface area contributed by atoms with Gasteiger partial charge in [-0.3, -0.25) is 19.5 Å². The van der Waals surface area contributed by atoms with E-state index in [-0.39, 0.29) is 17.6 Å². The number of piperazine rings is 1. The van der Waals surface area contributed by atoms with Crippen LogP contribution in [0.2, 0.25) is 0 Å². The second-order valence-electron chi connectivity index (χ2n) is 8.02. The van der Waals surface area contributed by atoms with Crippen LogP contribution in [0.5, 0.6) is 0 Å². The molecule has 3 N–H and O–H groups in total. The van der Waals surface area contributed by atoms with Gasteiger partial charge in [-0.05, 0) is 47.5 Å². The van der Waals surface area contributed by atoms with Crippen LogP contribution in [0.15, 0.2) is 73.1 Å². The molecular weight excluding hydrogens is 421 g/mol. The lowest BCUT2D eigenvalue weighted by molar-refractivity contribution is -0.134. The van der Waals surface area contributed by atoms with Gasteiger partial charge in [0.05, 0.1) is 0 Å². The number of hydrogen-bond acceptors (Lipinski definition) is 5. The topological polar surface area (TPSA) is 91.6 Å². The summed E-state index contributed by atoms with van der Waals surface area (Å²) in [6, 6.07) is 15.9. The number of carbonyl (C=O) groups is 2. The number of halogens is 1. The molecule has 0 saturated carbocycles. The van der Waals surface area contributed by atoms with Crippen molar-refractivity contribution in [3.8, 4) is 0 Å². The standard InChI is InChI=1S/C25H26FN5O2/c26-21-7-1-18(2-8-21)17-30-13-15-31(16-14-30)25(33)23(27)19-3-5-20(6-4-19)24(32)29-22-9-11-28-12-10-22/h1-12,23H,13-17,27H2,(H,28,29,32). The van der Waals surface area contributed by atoms with Gasteiger partial charge >= 0.3 is 0 Å². The largest absolute Gasteiger partial charge is 0.338 e. The van der Waals surface area contributed by atoms with Crippen molar-refractivity contribution in [1.29, 1.82) is 0 Å². The first kappa shape index (κ1) is 22.6. The highest BCUT2D eigenvalue weighted by Crippen LogP contribution is 2.18. The molecule has 4 rings (SSSR count). The number of rotatable bonds is 6. The van der Waals surface area contributed by atoms with Crippen molar-refractivity contribution >= 4 is 17.5 Å². The predicted octanol–water partition coefficient (Wildman–Crippen LogP) is 2.82. The molecule has 2 heterocycles. The van der Waals surface area contributed by atoms with E-state index < -0.39 is 6.04 Å². The molecule has 8 heteroatoms. The number of pyridine rings is 1. The lowest BCUT2D eigenvalue weighted by Gasteiger charge is -2.36. The normalized spacial score (nSPS) is 15.2. The Balaban J connectivity index is 1.30. The van der Waals surface area contributed by atoms with Crippen LogP contribution in [0.1, 0.15) is 27.5 Å². The highest BCUT2D eigenvalue weighted by Gasteiger charge is 2.26. The van der Waals surface area contributed by atoms with E-state index in [0.29, 0.717) is 29.9 Å². The molecule has 7 nitrogen and oxygen atoms in total. The Kier molecular flexibility index (Phi) is 7.07. The van der Waals surface area contributed by atoms with E-state index in [1.807, 2.05) is 0 Å². The van der Waals surface area contributed by atoms with Gasteiger partial charge in [0, 0.05) is 56.4 Å². The average Bonchev–Trinajstić information content (AvgIpc) is 2.86. The first-order valence-corrected chi connectivity index (χ1v) is 10.8. The Hall–Kier alpha value is -3.62. The van der Waals surface area contributed by atoms with Crippen LogP contribution in [0.4, 0.5) is 10.1 Å². The third kappa shape index (κ3) is 5.79. The van der Waals surface area contributed by atoms with Crippen molar-refractivity contribution < 1.29 is 14.0 Å². The first-order valence-electron chi connectivity index (χ1n) is 10.8. The summed E-state index contributed by atoms with van der Waals surface area (Å²) in [4.78, 5) is 33.2. The van der Waals surface area contributed by atoms with Gasteiger partial charge < -0.3 is 16.0 Å². The molecule has 3 aromatic rings. The van der Waals surface area contributed by atoms with E-state index in [9.17, 15) is 14.0 Å². The second-order valence-corrected chi connectivity index (χ2v) is 8.02. The van der Waals surface area contributed by atoms with Crippen molar-refractivity contribution in [2.24, 2.45) is 5.73 Å². The van der Waals surface area contributed by atoms with E-state index in [0.717, 1.165) is 25.2 Å². The summed E-state index contributed by atoms with van der Waals surface area (Å²) in [6.45, 7) is 3.34. The van der Waals surface area contributed by atoms with Crippen molar-refractivity contribution in [2.75, 3.05) is 31.5 Å². The number of amides is 2. The molecule has 1 fully saturated rings. The van der Waals surface area contributed by atoms with E-state index >= 15 is 0 Å². The molecule has 170 valence electrons. The zero-order valence-corrected chi connectivity index (χ0v) is 18.2. The number of benzene rings is 2. The molecule has 33 heavy (non-hydrogen) atoms. The molecule has 0 spiro atoms. The lowest BCUT2D eigenvalue weighted by Crippen LogP contribution is -2.50. The molecule has 1 atom stereocenters. The summed E-state index contributed by atoms with van der Waals surface area (Å²) in [7, 11) is 0. The van der Waals surface area contributed by atoms with Crippen molar-refractivity contribution in [3.63, 3.8) is 0 Å². The monoisotopic (exact) mass is 447 g/mol. The molecule has 0 bridgehead atoms. The maximum absolute atomic E-state index is 13.1. The van der Waals surface area contributed by atoms with Crippen molar-refractivity contribution in [1.82, 2.24) is 14.8 Å². The number of nitrogens with zero attached hydrogens (tertiary/aromatic N) is 3. The number of nitrogens with two attached hydrogens (primary N) is 1.